The molecule has 0 unspecified atom stereocenters. The number of nitrogens with zero attached hydrogens (tertiary/aromatic N) is 4. The lowest BCUT2D eigenvalue weighted by Gasteiger charge is -2.07. The minimum atomic E-state index is 0.175. The second-order valence-corrected chi connectivity index (χ2v) is 4.67. The highest BCUT2D eigenvalue weighted by Crippen LogP contribution is 2.31. The highest BCUT2D eigenvalue weighted by atomic mass is 35.5. The molecule has 0 aliphatic heterocycles. The summed E-state index contributed by atoms with van der Waals surface area (Å²) in [5, 5.41) is 4.78. The van der Waals surface area contributed by atoms with E-state index in [9.17, 15) is 0 Å². The van der Waals surface area contributed by atoms with Crippen molar-refractivity contribution in [3.8, 4) is 17.0 Å². The summed E-state index contributed by atoms with van der Waals surface area (Å²) in [4.78, 5) is 8.05. The molecule has 0 spiro atoms. The molecule has 3 heterocycles. The minimum absolute atomic E-state index is 0.175. The predicted molar refractivity (Wildman–Crippen MR) is 76.9 cm³/mol. The van der Waals surface area contributed by atoms with Crippen LogP contribution in [0.25, 0.3) is 16.8 Å². The van der Waals surface area contributed by atoms with Crippen LogP contribution in [0.3, 0.4) is 0 Å². The van der Waals surface area contributed by atoms with Gasteiger partial charge in [0.25, 0.3) is 0 Å². The third-order valence-corrected chi connectivity index (χ3v) is 3.39. The zero-order valence-electron chi connectivity index (χ0n) is 11.0. The van der Waals surface area contributed by atoms with E-state index in [-0.39, 0.29) is 5.95 Å². The zero-order valence-corrected chi connectivity index (χ0v) is 11.7. The molecule has 0 atom stereocenters. The summed E-state index contributed by atoms with van der Waals surface area (Å²) < 4.78 is 7.06. The average Bonchev–Trinajstić information content (AvgIpc) is 2.86. The number of rotatable bonds is 2. The van der Waals surface area contributed by atoms with Gasteiger partial charge in [-0.2, -0.15) is 5.10 Å². The molecule has 0 saturated heterocycles. The van der Waals surface area contributed by atoms with E-state index in [1.165, 1.54) is 6.20 Å². The molecule has 0 aliphatic carbocycles. The van der Waals surface area contributed by atoms with E-state index in [1.807, 2.05) is 19.1 Å². The number of fused-ring (bicyclic) bond motifs is 1. The molecule has 3 aromatic rings. The van der Waals surface area contributed by atoms with Crippen LogP contribution in [0.4, 0.5) is 5.95 Å². The number of nitrogen functional groups attached to an aromatic ring is 1. The monoisotopic (exact) mass is 289 g/mol. The van der Waals surface area contributed by atoms with Crippen LogP contribution in [-0.4, -0.2) is 26.7 Å². The van der Waals surface area contributed by atoms with Gasteiger partial charge in [0.15, 0.2) is 0 Å². The number of hydrogen-bond acceptors (Lipinski definition) is 5. The lowest BCUT2D eigenvalue weighted by Crippen LogP contribution is -1.98. The topological polar surface area (TPSA) is 78.3 Å². The van der Waals surface area contributed by atoms with E-state index in [2.05, 4.69) is 15.1 Å². The van der Waals surface area contributed by atoms with Crippen molar-refractivity contribution >= 4 is 23.1 Å². The molecule has 3 aromatic heterocycles. The maximum atomic E-state index is 6.14. The van der Waals surface area contributed by atoms with Crippen molar-refractivity contribution in [3.63, 3.8) is 0 Å². The third kappa shape index (κ3) is 1.85. The number of nitrogens with two attached hydrogens (primary N) is 1. The number of halogens is 1. The van der Waals surface area contributed by atoms with E-state index in [0.29, 0.717) is 10.7 Å². The predicted octanol–water partition coefficient (Wildman–Crippen LogP) is 2.34. The first-order valence-corrected chi connectivity index (χ1v) is 6.29. The number of methoxy groups -OCH3 is 1. The molecule has 102 valence electrons. The Morgan fingerprint density at radius 1 is 1.30 bits per heavy atom. The Kier molecular flexibility index (Phi) is 2.94. The summed E-state index contributed by atoms with van der Waals surface area (Å²) in [5.74, 6) is 0.939. The Balaban J connectivity index is 2.28. The van der Waals surface area contributed by atoms with E-state index in [1.54, 1.807) is 17.8 Å². The van der Waals surface area contributed by atoms with Crippen LogP contribution < -0.4 is 10.5 Å². The molecule has 0 fully saturated rings. The Morgan fingerprint density at radius 2 is 2.10 bits per heavy atom. The van der Waals surface area contributed by atoms with Crippen LogP contribution in [-0.2, 0) is 0 Å². The number of hydrogen-bond donors (Lipinski definition) is 1. The maximum absolute atomic E-state index is 6.14. The number of aryl methyl sites for hydroxylation is 1. The van der Waals surface area contributed by atoms with Crippen molar-refractivity contribution < 1.29 is 4.74 Å². The lowest BCUT2D eigenvalue weighted by atomic mass is 10.2. The van der Waals surface area contributed by atoms with Gasteiger partial charge in [-0.05, 0) is 19.1 Å². The maximum Gasteiger partial charge on any atom is 0.220 e. The van der Waals surface area contributed by atoms with Gasteiger partial charge < -0.3 is 10.5 Å². The molecule has 20 heavy (non-hydrogen) atoms. The van der Waals surface area contributed by atoms with Gasteiger partial charge in [0, 0.05) is 5.56 Å². The van der Waals surface area contributed by atoms with Crippen molar-refractivity contribution in [1.29, 1.82) is 0 Å². The Hall–Kier alpha value is -2.34. The largest absolute Gasteiger partial charge is 0.495 e. The van der Waals surface area contributed by atoms with E-state index >= 15 is 0 Å². The molecular formula is C13H12ClN5O. The van der Waals surface area contributed by atoms with Gasteiger partial charge in [0.2, 0.25) is 5.95 Å². The molecule has 3 rings (SSSR count). The average molecular weight is 290 g/mol. The van der Waals surface area contributed by atoms with Crippen LogP contribution >= 0.6 is 11.6 Å². The number of aromatic nitrogens is 4. The van der Waals surface area contributed by atoms with Crippen LogP contribution in [0.5, 0.6) is 5.75 Å². The number of pyridine rings is 1. The van der Waals surface area contributed by atoms with Gasteiger partial charge in [-0.15, -0.1) is 0 Å². The van der Waals surface area contributed by atoms with Gasteiger partial charge in [-0.1, -0.05) is 11.6 Å². The van der Waals surface area contributed by atoms with E-state index < -0.39 is 0 Å². The summed E-state index contributed by atoms with van der Waals surface area (Å²) in [5.41, 5.74) is 8.77. The third-order valence-electron chi connectivity index (χ3n) is 3.11. The molecule has 2 N–H and O–H groups in total. The fourth-order valence-electron chi connectivity index (χ4n) is 2.13. The highest BCUT2D eigenvalue weighted by molar-refractivity contribution is 6.33. The van der Waals surface area contributed by atoms with Crippen LogP contribution in [0.2, 0.25) is 5.02 Å². The molecule has 0 bridgehead atoms. The van der Waals surface area contributed by atoms with Crippen LogP contribution in [0.1, 0.15) is 5.69 Å². The number of ether oxygens (including phenoxy) is 1. The van der Waals surface area contributed by atoms with Gasteiger partial charge in [-0.3, -0.25) is 0 Å². The van der Waals surface area contributed by atoms with Crippen molar-refractivity contribution in [2.45, 2.75) is 6.92 Å². The molecule has 0 amide bonds. The summed E-state index contributed by atoms with van der Waals surface area (Å²) in [6.07, 6.45) is 3.19. The summed E-state index contributed by atoms with van der Waals surface area (Å²) in [6.45, 7) is 1.93. The zero-order chi connectivity index (χ0) is 14.3. The first kappa shape index (κ1) is 12.7. The second-order valence-electron chi connectivity index (χ2n) is 4.27. The van der Waals surface area contributed by atoms with Crippen molar-refractivity contribution in [3.05, 3.63) is 35.2 Å². The van der Waals surface area contributed by atoms with Gasteiger partial charge in [-0.25, -0.2) is 14.5 Å². The molecular weight excluding hydrogens is 278 g/mol. The summed E-state index contributed by atoms with van der Waals surface area (Å²) in [6, 6.07) is 3.79. The molecule has 0 aromatic carbocycles. The van der Waals surface area contributed by atoms with Crippen LogP contribution in [0, 0.1) is 6.92 Å². The first-order valence-electron chi connectivity index (χ1n) is 5.91. The fourth-order valence-corrected chi connectivity index (χ4v) is 2.33. The molecule has 0 saturated carbocycles. The Morgan fingerprint density at radius 3 is 2.85 bits per heavy atom. The molecule has 6 nitrogen and oxygen atoms in total. The quantitative estimate of drug-likeness (QED) is 0.783. The van der Waals surface area contributed by atoms with Gasteiger partial charge in [0.05, 0.1) is 41.4 Å². The molecule has 0 aliphatic rings. The van der Waals surface area contributed by atoms with Gasteiger partial charge in [0.1, 0.15) is 5.75 Å². The standard InChI is InChI=1S/C13H12ClN5O/c1-7-11(20-2)4-3-10-8(5-17-19(7)10)12-9(14)6-16-13(15)18-12/h3-6H,1-2H3,(H2,15,16,18). The van der Waals surface area contributed by atoms with Crippen molar-refractivity contribution in [2.24, 2.45) is 0 Å². The highest BCUT2D eigenvalue weighted by Gasteiger charge is 2.15. The Bertz CT molecular complexity index is 799. The Labute approximate surface area is 120 Å². The fraction of sp³-hybridized carbons (Fsp3) is 0.154. The van der Waals surface area contributed by atoms with E-state index in [0.717, 1.165) is 22.5 Å². The van der Waals surface area contributed by atoms with Crippen LogP contribution in [0.15, 0.2) is 24.5 Å². The minimum Gasteiger partial charge on any atom is -0.495 e. The number of anilines is 1. The van der Waals surface area contributed by atoms with Crippen molar-refractivity contribution in [1.82, 2.24) is 19.6 Å². The molecule has 0 radical (unpaired) electrons. The van der Waals surface area contributed by atoms with Crippen molar-refractivity contribution in [2.75, 3.05) is 12.8 Å². The second kappa shape index (κ2) is 4.64. The molecule has 7 heteroatoms. The smallest absolute Gasteiger partial charge is 0.220 e. The van der Waals surface area contributed by atoms with E-state index in [4.69, 9.17) is 22.1 Å². The summed E-state index contributed by atoms with van der Waals surface area (Å²) >= 11 is 6.14. The lowest BCUT2D eigenvalue weighted by molar-refractivity contribution is 0.407. The first-order chi connectivity index (χ1) is 9.61. The SMILES string of the molecule is COc1ccc2c(-c3nc(N)ncc3Cl)cnn2c1C. The van der Waals surface area contributed by atoms with Gasteiger partial charge >= 0.3 is 0 Å². The normalized spacial score (nSPS) is 10.9. The summed E-state index contributed by atoms with van der Waals surface area (Å²) in [7, 11) is 1.63.